The van der Waals surface area contributed by atoms with Gasteiger partial charge >= 0.3 is 11.8 Å². The molecule has 154 valence electrons. The van der Waals surface area contributed by atoms with Crippen molar-refractivity contribution in [2.45, 2.75) is 5.92 Å². The molecule has 0 unspecified atom stereocenters. The molecule has 4 rings (SSSR count). The Morgan fingerprint density at radius 1 is 1.16 bits per heavy atom. The van der Waals surface area contributed by atoms with Gasteiger partial charge in [0.2, 0.25) is 5.15 Å². The number of hydrogen-bond acceptors (Lipinski definition) is 5. The number of amides is 1. The fourth-order valence-electron chi connectivity index (χ4n) is 3.54. The Labute approximate surface area is 183 Å². The van der Waals surface area contributed by atoms with Crippen molar-refractivity contribution in [3.05, 3.63) is 92.8 Å². The number of nitrogens with zero attached hydrogens (tertiary/aromatic N) is 2. The van der Waals surface area contributed by atoms with E-state index in [0.717, 1.165) is 22.3 Å². The molecule has 1 heterocycles. The summed E-state index contributed by atoms with van der Waals surface area (Å²) in [4.78, 5) is 26.1. The van der Waals surface area contributed by atoms with Crippen LogP contribution in [0.5, 0.6) is 0 Å². The highest BCUT2D eigenvalue weighted by Gasteiger charge is 2.28. The van der Waals surface area contributed by atoms with E-state index < -0.39 is 11.0 Å². The monoisotopic (exact) mass is 433 g/mol. The van der Waals surface area contributed by atoms with Crippen molar-refractivity contribution in [1.82, 2.24) is 10.3 Å². The molecule has 3 aromatic rings. The number of rotatable bonds is 4. The summed E-state index contributed by atoms with van der Waals surface area (Å²) in [6.07, 6.45) is 0.742. The first kappa shape index (κ1) is 20.4. The molecule has 0 fully saturated rings. The molecule has 0 saturated heterocycles. The Hall–Kier alpha value is -3.89. The average molecular weight is 434 g/mol. The molecule has 0 bridgehead atoms. The van der Waals surface area contributed by atoms with Crippen molar-refractivity contribution in [3.63, 3.8) is 0 Å². The van der Waals surface area contributed by atoms with Crippen LogP contribution in [0.15, 0.2) is 60.8 Å². The molecule has 7 nitrogen and oxygen atoms in total. The highest BCUT2D eigenvalue weighted by Crippen LogP contribution is 2.44. The number of ether oxygens (including phenoxy) is 1. The van der Waals surface area contributed by atoms with Gasteiger partial charge in [0.1, 0.15) is 6.61 Å². The number of carbonyl (C=O) groups is 1. The predicted octanol–water partition coefficient (Wildman–Crippen LogP) is 4.53. The van der Waals surface area contributed by atoms with Crippen molar-refractivity contribution in [3.8, 4) is 23.0 Å². The standard InChI is InChI=1S/C23H16ClN3O4/c24-22-21(27(29)30)12-15(13-26-22)6-5-11-25-23(28)31-14-20-18-9-3-1-7-16(18)17-8-2-4-10-19(17)20/h1-4,7-10,12-13,20H,11,14H2,(H,25,28). The third-order valence-electron chi connectivity index (χ3n) is 4.91. The van der Waals surface area contributed by atoms with E-state index in [1.807, 2.05) is 36.4 Å². The first-order valence-corrected chi connectivity index (χ1v) is 9.80. The van der Waals surface area contributed by atoms with E-state index in [2.05, 4.69) is 34.3 Å². The van der Waals surface area contributed by atoms with Crippen molar-refractivity contribution < 1.29 is 14.5 Å². The highest BCUT2D eigenvalue weighted by atomic mass is 35.5. The number of benzene rings is 2. The molecule has 0 saturated carbocycles. The largest absolute Gasteiger partial charge is 0.449 e. The van der Waals surface area contributed by atoms with E-state index in [0.29, 0.717) is 5.56 Å². The topological polar surface area (TPSA) is 94.4 Å². The zero-order chi connectivity index (χ0) is 21.8. The second-order valence-corrected chi connectivity index (χ2v) is 7.13. The van der Waals surface area contributed by atoms with Crippen LogP contribution in [-0.2, 0) is 4.74 Å². The van der Waals surface area contributed by atoms with Crippen LogP contribution >= 0.6 is 11.6 Å². The van der Waals surface area contributed by atoms with Gasteiger partial charge < -0.3 is 10.1 Å². The van der Waals surface area contributed by atoms with E-state index in [4.69, 9.17) is 16.3 Å². The Morgan fingerprint density at radius 2 is 1.81 bits per heavy atom. The molecule has 0 radical (unpaired) electrons. The summed E-state index contributed by atoms with van der Waals surface area (Å²) < 4.78 is 5.42. The number of nitrogens with one attached hydrogen (secondary N) is 1. The van der Waals surface area contributed by atoms with Crippen molar-refractivity contribution in [2.75, 3.05) is 13.2 Å². The van der Waals surface area contributed by atoms with Crippen LogP contribution in [0, 0.1) is 22.0 Å². The minimum Gasteiger partial charge on any atom is -0.449 e. The van der Waals surface area contributed by atoms with Gasteiger partial charge in [0.25, 0.3) is 0 Å². The van der Waals surface area contributed by atoms with Gasteiger partial charge in [0.05, 0.1) is 11.5 Å². The van der Waals surface area contributed by atoms with Gasteiger partial charge in [-0.25, -0.2) is 9.78 Å². The van der Waals surface area contributed by atoms with Gasteiger partial charge in [-0.05, 0) is 22.3 Å². The number of alkyl carbamates (subject to hydrolysis) is 1. The molecule has 31 heavy (non-hydrogen) atoms. The number of nitro groups is 1. The van der Waals surface area contributed by atoms with E-state index in [9.17, 15) is 14.9 Å². The SMILES string of the molecule is O=C(NCC#Cc1cnc(Cl)c([N+](=O)[O-])c1)OCC1c2ccccc2-c2ccccc21. The third-order valence-corrected chi connectivity index (χ3v) is 5.21. The Kier molecular flexibility index (Phi) is 5.83. The summed E-state index contributed by atoms with van der Waals surface area (Å²) in [6.45, 7) is 0.230. The molecule has 1 aliphatic rings. The molecule has 0 spiro atoms. The summed E-state index contributed by atoms with van der Waals surface area (Å²) in [6, 6.07) is 17.4. The lowest BCUT2D eigenvalue weighted by atomic mass is 9.98. The van der Waals surface area contributed by atoms with Crippen molar-refractivity contribution in [2.24, 2.45) is 0 Å². The molecular formula is C23H16ClN3O4. The summed E-state index contributed by atoms with van der Waals surface area (Å²) in [5.41, 5.74) is 4.58. The molecule has 8 heteroatoms. The quantitative estimate of drug-likeness (QED) is 0.282. The van der Waals surface area contributed by atoms with Gasteiger partial charge in [0, 0.05) is 23.7 Å². The van der Waals surface area contributed by atoms with Gasteiger partial charge in [-0.3, -0.25) is 10.1 Å². The number of aromatic nitrogens is 1. The molecule has 0 aliphatic heterocycles. The molecule has 1 aliphatic carbocycles. The van der Waals surface area contributed by atoms with Crippen LogP contribution in [0.1, 0.15) is 22.6 Å². The molecule has 1 N–H and O–H groups in total. The zero-order valence-corrected chi connectivity index (χ0v) is 16.9. The second-order valence-electron chi connectivity index (χ2n) is 6.77. The summed E-state index contributed by atoms with van der Waals surface area (Å²) >= 11 is 5.67. The lowest BCUT2D eigenvalue weighted by molar-refractivity contribution is -0.385. The van der Waals surface area contributed by atoms with Crippen molar-refractivity contribution >= 4 is 23.4 Å². The molecule has 0 atom stereocenters. The first-order valence-electron chi connectivity index (χ1n) is 9.42. The van der Waals surface area contributed by atoms with Gasteiger partial charge in [0.15, 0.2) is 0 Å². The Bertz CT molecular complexity index is 1190. The van der Waals surface area contributed by atoms with Gasteiger partial charge in [-0.2, -0.15) is 0 Å². The lowest BCUT2D eigenvalue weighted by Crippen LogP contribution is -2.26. The summed E-state index contributed by atoms with van der Waals surface area (Å²) in [7, 11) is 0. The maximum atomic E-state index is 12.1. The van der Waals surface area contributed by atoms with Crippen LogP contribution < -0.4 is 5.32 Å². The number of pyridine rings is 1. The smallest absolute Gasteiger partial charge is 0.407 e. The van der Waals surface area contributed by atoms with Gasteiger partial charge in [-0.1, -0.05) is 72.0 Å². The van der Waals surface area contributed by atoms with Crippen LogP contribution in [0.25, 0.3) is 11.1 Å². The summed E-state index contributed by atoms with van der Waals surface area (Å²) in [5, 5.41) is 13.2. The van der Waals surface area contributed by atoms with E-state index in [1.54, 1.807) is 0 Å². The number of hydrogen-bond donors (Lipinski definition) is 1. The molecule has 2 aromatic carbocycles. The first-order chi connectivity index (χ1) is 15.0. The van der Waals surface area contributed by atoms with E-state index in [-0.39, 0.29) is 29.9 Å². The number of carbonyl (C=O) groups excluding carboxylic acids is 1. The minimum atomic E-state index is -0.630. The average Bonchev–Trinajstić information content (AvgIpc) is 3.10. The number of fused-ring (bicyclic) bond motifs is 3. The fraction of sp³-hybridized carbons (Fsp3) is 0.130. The molecule has 1 amide bonds. The maximum absolute atomic E-state index is 12.1. The van der Waals surface area contributed by atoms with Crippen LogP contribution in [0.4, 0.5) is 10.5 Å². The summed E-state index contributed by atoms with van der Waals surface area (Å²) in [5.74, 6) is 5.39. The maximum Gasteiger partial charge on any atom is 0.407 e. The normalized spacial score (nSPS) is 11.6. The fourth-order valence-corrected chi connectivity index (χ4v) is 3.72. The Balaban J connectivity index is 1.35. The van der Waals surface area contributed by atoms with Crippen LogP contribution in [0.3, 0.4) is 0 Å². The number of halogens is 1. The Morgan fingerprint density at radius 3 is 2.45 bits per heavy atom. The third kappa shape index (κ3) is 4.34. The highest BCUT2D eigenvalue weighted by molar-refractivity contribution is 6.31. The van der Waals surface area contributed by atoms with E-state index >= 15 is 0 Å². The molecular weight excluding hydrogens is 418 g/mol. The lowest BCUT2D eigenvalue weighted by Gasteiger charge is -2.14. The van der Waals surface area contributed by atoms with Crippen molar-refractivity contribution in [1.29, 1.82) is 0 Å². The second kappa shape index (κ2) is 8.86. The van der Waals surface area contributed by atoms with Crippen LogP contribution in [-0.4, -0.2) is 29.2 Å². The minimum absolute atomic E-state index is 0.0209. The molecule has 1 aromatic heterocycles. The van der Waals surface area contributed by atoms with Gasteiger partial charge in [-0.15, -0.1) is 0 Å². The zero-order valence-electron chi connectivity index (χ0n) is 16.2. The predicted molar refractivity (Wildman–Crippen MR) is 116 cm³/mol. The van der Waals surface area contributed by atoms with E-state index in [1.165, 1.54) is 12.3 Å². The van der Waals surface area contributed by atoms with Crippen LogP contribution in [0.2, 0.25) is 5.15 Å².